The number of pyridine rings is 1. The highest BCUT2D eigenvalue weighted by molar-refractivity contribution is 7.85. The molecule has 0 aliphatic heterocycles. The highest BCUT2D eigenvalue weighted by atomic mass is 32.2. The van der Waals surface area contributed by atoms with Gasteiger partial charge in [-0.3, -0.25) is 9.17 Å². The summed E-state index contributed by atoms with van der Waals surface area (Å²) in [7, 11) is -3.39. The summed E-state index contributed by atoms with van der Waals surface area (Å²) in [5.41, 5.74) is 1.55. The van der Waals surface area contributed by atoms with Crippen molar-refractivity contribution in [1.82, 2.24) is 9.97 Å². The number of aromatic nitrogens is 2. The summed E-state index contributed by atoms with van der Waals surface area (Å²) >= 11 is 1.39. The molecule has 0 radical (unpaired) electrons. The summed E-state index contributed by atoms with van der Waals surface area (Å²) in [6, 6.07) is 3.82. The number of ether oxygens (including phenoxy) is 2. The van der Waals surface area contributed by atoms with E-state index in [1.54, 1.807) is 11.6 Å². The van der Waals surface area contributed by atoms with Gasteiger partial charge in [0.15, 0.2) is 5.69 Å². The van der Waals surface area contributed by atoms with E-state index in [0.29, 0.717) is 25.3 Å². The molecule has 0 fully saturated rings. The lowest BCUT2D eigenvalue weighted by Gasteiger charge is -2.18. The van der Waals surface area contributed by atoms with Gasteiger partial charge in [-0.1, -0.05) is 0 Å². The summed E-state index contributed by atoms with van der Waals surface area (Å²) in [6.45, 7) is 6.57. The van der Waals surface area contributed by atoms with Crippen LogP contribution < -0.4 is 0 Å². The summed E-state index contributed by atoms with van der Waals surface area (Å²) in [5.74, 6) is -0.432. The molecule has 0 saturated carbocycles. The molecule has 2 rings (SSSR count). The predicted molar refractivity (Wildman–Crippen MR) is 115 cm³/mol. The molecule has 0 bridgehead atoms. The smallest absolute Gasteiger partial charge is 0.358 e. The molecular weight excluding hydrogens is 428 g/mol. The third-order valence-electron chi connectivity index (χ3n) is 3.63. The molecule has 0 saturated heterocycles. The van der Waals surface area contributed by atoms with E-state index in [2.05, 4.69) is 14.2 Å². The minimum Gasteiger partial charge on any atom is -0.455 e. The van der Waals surface area contributed by atoms with Crippen LogP contribution in [0.2, 0.25) is 0 Å². The Bertz CT molecular complexity index is 935. The molecule has 0 spiro atoms. The topological polar surface area (TPSA) is 105 Å². The molecule has 0 unspecified atom stereocenters. The van der Waals surface area contributed by atoms with Gasteiger partial charge in [0.25, 0.3) is 10.1 Å². The van der Waals surface area contributed by atoms with Crippen LogP contribution in [0.25, 0.3) is 10.6 Å². The Morgan fingerprint density at radius 3 is 2.60 bits per heavy atom. The Morgan fingerprint density at radius 2 is 1.90 bits per heavy atom. The van der Waals surface area contributed by atoms with Gasteiger partial charge in [-0.2, -0.15) is 8.42 Å². The molecule has 0 aliphatic rings. The number of nitrogens with zero attached hydrogens (tertiary/aromatic N) is 2. The third kappa shape index (κ3) is 9.29. The van der Waals surface area contributed by atoms with Crippen molar-refractivity contribution in [2.45, 2.75) is 45.6 Å². The maximum absolute atomic E-state index is 12.1. The SMILES string of the molecule is CC(C)(C)OC(=O)c1csc(-c2ccnc(CCCOCCCOS(C)(=O)=O)c2)n1. The minimum atomic E-state index is -3.39. The number of esters is 1. The van der Waals surface area contributed by atoms with Gasteiger partial charge in [0.05, 0.1) is 12.9 Å². The molecule has 2 aromatic heterocycles. The maximum Gasteiger partial charge on any atom is 0.358 e. The lowest BCUT2D eigenvalue weighted by atomic mass is 10.1. The Morgan fingerprint density at radius 1 is 1.17 bits per heavy atom. The summed E-state index contributed by atoms with van der Waals surface area (Å²) in [4.78, 5) is 20.9. The van der Waals surface area contributed by atoms with Crippen LogP contribution in [0.1, 0.15) is 49.8 Å². The van der Waals surface area contributed by atoms with Gasteiger partial charge >= 0.3 is 5.97 Å². The van der Waals surface area contributed by atoms with E-state index in [0.717, 1.165) is 35.4 Å². The highest BCUT2D eigenvalue weighted by Gasteiger charge is 2.20. The van der Waals surface area contributed by atoms with Gasteiger partial charge in [0.2, 0.25) is 0 Å². The summed E-state index contributed by atoms with van der Waals surface area (Å²) < 4.78 is 37.2. The van der Waals surface area contributed by atoms with E-state index in [1.165, 1.54) is 11.3 Å². The first-order valence-electron chi connectivity index (χ1n) is 9.60. The van der Waals surface area contributed by atoms with Crippen molar-refractivity contribution < 1.29 is 26.9 Å². The second-order valence-corrected chi connectivity index (χ2v) is 10.2. The van der Waals surface area contributed by atoms with Gasteiger partial charge in [0.1, 0.15) is 10.6 Å². The van der Waals surface area contributed by atoms with Gasteiger partial charge < -0.3 is 9.47 Å². The number of hydrogen-bond donors (Lipinski definition) is 0. The van der Waals surface area contributed by atoms with Crippen molar-refractivity contribution in [1.29, 1.82) is 0 Å². The van der Waals surface area contributed by atoms with E-state index >= 15 is 0 Å². The average Bonchev–Trinajstić information content (AvgIpc) is 3.12. The van der Waals surface area contributed by atoms with Crippen molar-refractivity contribution in [2.75, 3.05) is 26.1 Å². The van der Waals surface area contributed by atoms with Crippen LogP contribution in [-0.4, -0.2) is 56.0 Å². The molecule has 0 amide bonds. The van der Waals surface area contributed by atoms with Crippen LogP contribution in [0.3, 0.4) is 0 Å². The van der Waals surface area contributed by atoms with Gasteiger partial charge in [-0.05, 0) is 52.2 Å². The second kappa shape index (κ2) is 10.9. The van der Waals surface area contributed by atoms with Crippen molar-refractivity contribution in [3.8, 4) is 10.6 Å². The van der Waals surface area contributed by atoms with E-state index in [1.807, 2.05) is 32.9 Å². The van der Waals surface area contributed by atoms with E-state index in [4.69, 9.17) is 9.47 Å². The molecule has 2 aromatic rings. The average molecular weight is 457 g/mol. The zero-order valence-corrected chi connectivity index (χ0v) is 19.3. The monoisotopic (exact) mass is 456 g/mol. The maximum atomic E-state index is 12.1. The van der Waals surface area contributed by atoms with Crippen molar-refractivity contribution in [3.63, 3.8) is 0 Å². The van der Waals surface area contributed by atoms with Gasteiger partial charge in [0, 0.05) is 36.0 Å². The van der Waals surface area contributed by atoms with E-state index < -0.39 is 21.7 Å². The summed E-state index contributed by atoms with van der Waals surface area (Å²) in [5, 5.41) is 2.44. The molecule has 166 valence electrons. The largest absolute Gasteiger partial charge is 0.455 e. The molecule has 2 heterocycles. The molecule has 10 heteroatoms. The van der Waals surface area contributed by atoms with Crippen LogP contribution in [-0.2, 0) is 30.2 Å². The first-order chi connectivity index (χ1) is 14.0. The highest BCUT2D eigenvalue weighted by Crippen LogP contribution is 2.25. The number of hydrogen-bond acceptors (Lipinski definition) is 9. The van der Waals surface area contributed by atoms with E-state index in [-0.39, 0.29) is 6.61 Å². The quantitative estimate of drug-likeness (QED) is 0.287. The number of aryl methyl sites for hydroxylation is 1. The lowest BCUT2D eigenvalue weighted by molar-refractivity contribution is 0.00637. The fourth-order valence-electron chi connectivity index (χ4n) is 2.41. The van der Waals surface area contributed by atoms with Crippen molar-refractivity contribution >= 4 is 27.4 Å². The fraction of sp³-hybridized carbons (Fsp3) is 0.550. The number of carbonyl (C=O) groups excluding carboxylic acids is 1. The van der Waals surface area contributed by atoms with Crippen LogP contribution in [0.4, 0.5) is 0 Å². The molecule has 0 aliphatic carbocycles. The lowest BCUT2D eigenvalue weighted by Crippen LogP contribution is -2.24. The Hall–Kier alpha value is -1.88. The predicted octanol–water partition coefficient (Wildman–Crippen LogP) is 3.48. The first-order valence-corrected chi connectivity index (χ1v) is 12.3. The second-order valence-electron chi connectivity index (χ2n) is 7.67. The molecule has 0 aromatic carbocycles. The van der Waals surface area contributed by atoms with Gasteiger partial charge in [-0.15, -0.1) is 11.3 Å². The van der Waals surface area contributed by atoms with E-state index in [9.17, 15) is 13.2 Å². The van der Waals surface area contributed by atoms with Crippen LogP contribution in [0.5, 0.6) is 0 Å². The minimum absolute atomic E-state index is 0.127. The molecular formula is C20H28N2O6S2. The van der Waals surface area contributed by atoms with Crippen LogP contribution >= 0.6 is 11.3 Å². The Kier molecular flexibility index (Phi) is 8.90. The Balaban J connectivity index is 1.79. The standard InChI is InChI=1S/C20H28N2O6S2/c1-20(2,3)28-19(23)17-14-29-18(22-17)15-8-9-21-16(13-15)7-5-10-26-11-6-12-27-30(4,24)25/h8-9,13-14H,5-7,10-12H2,1-4H3. The number of carbonyl (C=O) groups is 1. The zero-order valence-electron chi connectivity index (χ0n) is 17.7. The van der Waals surface area contributed by atoms with Crippen LogP contribution in [0, 0.1) is 0 Å². The van der Waals surface area contributed by atoms with Crippen molar-refractivity contribution in [2.24, 2.45) is 0 Å². The van der Waals surface area contributed by atoms with Crippen molar-refractivity contribution in [3.05, 3.63) is 35.1 Å². The third-order valence-corrected chi connectivity index (χ3v) is 5.11. The first kappa shape index (κ1) is 24.4. The van der Waals surface area contributed by atoms with Gasteiger partial charge in [-0.25, -0.2) is 9.78 Å². The molecule has 0 atom stereocenters. The molecule has 30 heavy (non-hydrogen) atoms. The molecule has 8 nitrogen and oxygen atoms in total. The number of thiazole rings is 1. The molecule has 0 N–H and O–H groups in total. The number of rotatable bonds is 11. The fourth-order valence-corrected chi connectivity index (χ4v) is 3.61. The normalized spacial score (nSPS) is 12.1. The van der Waals surface area contributed by atoms with Crippen LogP contribution in [0.15, 0.2) is 23.7 Å². The zero-order chi connectivity index (χ0) is 22.2. The Labute approximate surface area is 181 Å². The summed E-state index contributed by atoms with van der Waals surface area (Å²) in [6.07, 6.45) is 4.79.